The zero-order valence-corrected chi connectivity index (χ0v) is 10.3. The van der Waals surface area contributed by atoms with Gasteiger partial charge in [-0.3, -0.25) is 19.8 Å². The minimum atomic E-state index is -0.513. The largest absolute Gasteiger partial charge is 0.299 e. The van der Waals surface area contributed by atoms with E-state index in [0.717, 1.165) is 10.5 Å². The summed E-state index contributed by atoms with van der Waals surface area (Å²) in [5.41, 5.74) is 0.754. The van der Waals surface area contributed by atoms with E-state index in [1.807, 2.05) is 6.92 Å². The van der Waals surface area contributed by atoms with E-state index in [4.69, 9.17) is 0 Å². The Morgan fingerprint density at radius 1 is 1.44 bits per heavy atom. The van der Waals surface area contributed by atoms with Crippen molar-refractivity contribution >= 4 is 11.8 Å². The van der Waals surface area contributed by atoms with E-state index in [-0.39, 0.29) is 30.1 Å². The molecular formula is C13H15FN2O2. The maximum absolute atomic E-state index is 13.1. The van der Waals surface area contributed by atoms with Gasteiger partial charge in [0.05, 0.1) is 12.5 Å². The van der Waals surface area contributed by atoms with E-state index in [2.05, 4.69) is 5.32 Å². The summed E-state index contributed by atoms with van der Waals surface area (Å²) in [6.45, 7) is 1.84. The molecule has 0 aromatic heterocycles. The number of benzene rings is 1. The van der Waals surface area contributed by atoms with E-state index in [9.17, 15) is 14.0 Å². The molecule has 1 aliphatic rings. The summed E-state index contributed by atoms with van der Waals surface area (Å²) in [6, 6.07) is 5.49. The third-order valence-electron chi connectivity index (χ3n) is 3.18. The van der Waals surface area contributed by atoms with Crippen LogP contribution in [-0.4, -0.2) is 29.8 Å². The SMILES string of the molecule is C[C@@H](NC1CC(=O)N(C)C1=O)c1cccc(F)c1. The van der Waals surface area contributed by atoms with E-state index in [0.29, 0.717) is 0 Å². The smallest absolute Gasteiger partial charge is 0.246 e. The van der Waals surface area contributed by atoms with Crippen LogP contribution in [0.5, 0.6) is 0 Å². The van der Waals surface area contributed by atoms with Gasteiger partial charge in [-0.15, -0.1) is 0 Å². The number of imide groups is 1. The van der Waals surface area contributed by atoms with Crippen molar-refractivity contribution in [1.29, 1.82) is 0 Å². The van der Waals surface area contributed by atoms with Crippen LogP contribution >= 0.6 is 0 Å². The summed E-state index contributed by atoms with van der Waals surface area (Å²) in [6.07, 6.45) is 0.162. The maximum atomic E-state index is 13.1. The Morgan fingerprint density at radius 2 is 2.17 bits per heavy atom. The molecule has 0 saturated carbocycles. The van der Waals surface area contributed by atoms with Gasteiger partial charge in [0, 0.05) is 13.1 Å². The van der Waals surface area contributed by atoms with Crippen LogP contribution in [0, 0.1) is 5.82 Å². The third kappa shape index (κ3) is 2.41. The lowest BCUT2D eigenvalue weighted by Gasteiger charge is -2.18. The number of carbonyl (C=O) groups excluding carboxylic acids is 2. The van der Waals surface area contributed by atoms with E-state index < -0.39 is 6.04 Å². The van der Waals surface area contributed by atoms with E-state index >= 15 is 0 Å². The molecule has 1 unspecified atom stereocenters. The van der Waals surface area contributed by atoms with Crippen molar-refractivity contribution in [2.75, 3.05) is 7.05 Å². The summed E-state index contributed by atoms with van der Waals surface area (Å²) >= 11 is 0. The molecule has 1 aromatic rings. The number of halogens is 1. The number of nitrogens with zero attached hydrogens (tertiary/aromatic N) is 1. The molecule has 0 bridgehead atoms. The van der Waals surface area contributed by atoms with Crippen molar-refractivity contribution in [2.24, 2.45) is 0 Å². The van der Waals surface area contributed by atoms with Crippen molar-refractivity contribution < 1.29 is 14.0 Å². The maximum Gasteiger partial charge on any atom is 0.246 e. The average molecular weight is 250 g/mol. The predicted octanol–water partition coefficient (Wildman–Crippen LogP) is 1.23. The summed E-state index contributed by atoms with van der Waals surface area (Å²) < 4.78 is 13.1. The Bertz CT molecular complexity index is 490. The molecule has 1 aliphatic heterocycles. The number of rotatable bonds is 3. The van der Waals surface area contributed by atoms with E-state index in [1.165, 1.54) is 19.2 Å². The Balaban J connectivity index is 2.06. The van der Waals surface area contributed by atoms with Crippen molar-refractivity contribution in [1.82, 2.24) is 10.2 Å². The molecule has 2 rings (SSSR count). The topological polar surface area (TPSA) is 49.4 Å². The van der Waals surface area contributed by atoms with Gasteiger partial charge in [0.25, 0.3) is 0 Å². The Kier molecular flexibility index (Phi) is 3.43. The first-order valence-corrected chi connectivity index (χ1v) is 5.81. The van der Waals surface area contributed by atoms with Gasteiger partial charge in [-0.25, -0.2) is 4.39 Å². The first-order valence-electron chi connectivity index (χ1n) is 5.81. The standard InChI is InChI=1S/C13H15FN2O2/c1-8(9-4-3-5-10(14)6-9)15-11-7-12(17)16(2)13(11)18/h3-6,8,11,15H,7H2,1-2H3/t8-,11?/m1/s1. The van der Waals surface area contributed by atoms with Crippen LogP contribution in [0.15, 0.2) is 24.3 Å². The van der Waals surface area contributed by atoms with Gasteiger partial charge in [-0.1, -0.05) is 12.1 Å². The molecule has 2 atom stereocenters. The minimum absolute atomic E-state index is 0.162. The molecule has 1 N–H and O–H groups in total. The number of carbonyl (C=O) groups is 2. The number of hydrogen-bond acceptors (Lipinski definition) is 3. The highest BCUT2D eigenvalue weighted by molar-refractivity contribution is 6.05. The first-order chi connectivity index (χ1) is 8.49. The van der Waals surface area contributed by atoms with E-state index in [1.54, 1.807) is 12.1 Å². The zero-order chi connectivity index (χ0) is 13.3. The number of likely N-dealkylation sites (tertiary alicyclic amines) is 1. The van der Waals surface area contributed by atoms with Crippen LogP contribution in [0.1, 0.15) is 24.9 Å². The van der Waals surface area contributed by atoms with Crippen LogP contribution in [-0.2, 0) is 9.59 Å². The van der Waals surface area contributed by atoms with Crippen molar-refractivity contribution in [3.8, 4) is 0 Å². The van der Waals surface area contributed by atoms with Gasteiger partial charge in [-0.05, 0) is 24.6 Å². The molecule has 1 heterocycles. The number of amides is 2. The van der Waals surface area contributed by atoms with Crippen molar-refractivity contribution in [3.05, 3.63) is 35.6 Å². The van der Waals surface area contributed by atoms with Crippen LogP contribution in [0.4, 0.5) is 4.39 Å². The van der Waals surface area contributed by atoms with Crippen LogP contribution in [0.2, 0.25) is 0 Å². The van der Waals surface area contributed by atoms with Gasteiger partial charge >= 0.3 is 0 Å². The average Bonchev–Trinajstić information content (AvgIpc) is 2.57. The lowest BCUT2D eigenvalue weighted by atomic mass is 10.1. The Morgan fingerprint density at radius 3 is 2.72 bits per heavy atom. The fourth-order valence-electron chi connectivity index (χ4n) is 2.06. The molecule has 96 valence electrons. The number of nitrogens with one attached hydrogen (secondary N) is 1. The molecule has 5 heteroatoms. The lowest BCUT2D eigenvalue weighted by Crippen LogP contribution is -2.38. The molecule has 1 aromatic carbocycles. The van der Waals surface area contributed by atoms with Crippen LogP contribution in [0.3, 0.4) is 0 Å². The van der Waals surface area contributed by atoms with Crippen LogP contribution < -0.4 is 5.32 Å². The highest BCUT2D eigenvalue weighted by atomic mass is 19.1. The lowest BCUT2D eigenvalue weighted by molar-refractivity contribution is -0.137. The third-order valence-corrected chi connectivity index (χ3v) is 3.18. The first kappa shape index (κ1) is 12.7. The summed E-state index contributed by atoms with van der Waals surface area (Å²) in [7, 11) is 1.47. The highest BCUT2D eigenvalue weighted by Gasteiger charge is 2.36. The second kappa shape index (κ2) is 4.86. The number of likely N-dealkylation sites (N-methyl/N-ethyl adjacent to an activating group) is 1. The van der Waals surface area contributed by atoms with Crippen LogP contribution in [0.25, 0.3) is 0 Å². The molecular weight excluding hydrogens is 235 g/mol. The van der Waals surface area contributed by atoms with Gasteiger partial charge < -0.3 is 0 Å². The molecule has 0 spiro atoms. The Labute approximate surface area is 105 Å². The molecule has 18 heavy (non-hydrogen) atoms. The van der Waals surface area contributed by atoms with Gasteiger partial charge in [0.15, 0.2) is 0 Å². The molecule has 4 nitrogen and oxygen atoms in total. The predicted molar refractivity (Wildman–Crippen MR) is 64.1 cm³/mol. The monoisotopic (exact) mass is 250 g/mol. The van der Waals surface area contributed by atoms with Crippen molar-refractivity contribution in [3.63, 3.8) is 0 Å². The normalized spacial score (nSPS) is 21.5. The minimum Gasteiger partial charge on any atom is -0.299 e. The second-order valence-electron chi connectivity index (χ2n) is 4.49. The fourth-order valence-corrected chi connectivity index (χ4v) is 2.06. The van der Waals surface area contributed by atoms with Gasteiger partial charge in [0.2, 0.25) is 11.8 Å². The fraction of sp³-hybridized carbons (Fsp3) is 0.385. The molecule has 0 aliphatic carbocycles. The summed E-state index contributed by atoms with van der Waals surface area (Å²) in [4.78, 5) is 24.2. The molecule has 0 radical (unpaired) electrons. The summed E-state index contributed by atoms with van der Waals surface area (Å²) in [5.74, 6) is -0.737. The molecule has 1 fully saturated rings. The second-order valence-corrected chi connectivity index (χ2v) is 4.49. The molecule has 2 amide bonds. The zero-order valence-electron chi connectivity index (χ0n) is 10.3. The van der Waals surface area contributed by atoms with Crippen molar-refractivity contribution in [2.45, 2.75) is 25.4 Å². The van der Waals surface area contributed by atoms with Gasteiger partial charge in [0.1, 0.15) is 5.82 Å². The quantitative estimate of drug-likeness (QED) is 0.821. The summed E-state index contributed by atoms with van der Waals surface area (Å²) in [5, 5.41) is 3.05. The highest BCUT2D eigenvalue weighted by Crippen LogP contribution is 2.18. The van der Waals surface area contributed by atoms with Gasteiger partial charge in [-0.2, -0.15) is 0 Å². The molecule has 1 saturated heterocycles. The Hall–Kier alpha value is -1.75. The number of hydrogen-bond donors (Lipinski definition) is 1.